The van der Waals surface area contributed by atoms with Crippen molar-refractivity contribution in [3.63, 3.8) is 0 Å². The highest BCUT2D eigenvalue weighted by molar-refractivity contribution is 9.10. The molecule has 3 aromatic rings. The van der Waals surface area contributed by atoms with Gasteiger partial charge in [0.15, 0.2) is 5.69 Å². The molecule has 0 N–H and O–H groups in total. The lowest BCUT2D eigenvalue weighted by molar-refractivity contribution is -0.140. The van der Waals surface area contributed by atoms with Crippen LogP contribution in [0.3, 0.4) is 0 Å². The molecule has 118 valence electrons. The van der Waals surface area contributed by atoms with Gasteiger partial charge in [0.2, 0.25) is 5.95 Å². The Morgan fingerprint density at radius 1 is 0.913 bits per heavy atom. The molecule has 0 unspecified atom stereocenters. The molecule has 0 saturated heterocycles. The smallest absolute Gasteiger partial charge is 0.206 e. The van der Waals surface area contributed by atoms with E-state index in [2.05, 4.69) is 21.0 Å². The van der Waals surface area contributed by atoms with Crippen LogP contribution >= 0.6 is 15.9 Å². The fourth-order valence-electron chi connectivity index (χ4n) is 2.21. The van der Waals surface area contributed by atoms with Crippen LogP contribution < -0.4 is 0 Å². The molecule has 23 heavy (non-hydrogen) atoms. The van der Waals surface area contributed by atoms with Gasteiger partial charge in [-0.15, -0.1) is 0 Å². The molecule has 0 amide bonds. The molecule has 2 aromatic carbocycles. The summed E-state index contributed by atoms with van der Waals surface area (Å²) >= 11 is 3.22. The maximum atomic E-state index is 14.7. The van der Waals surface area contributed by atoms with Gasteiger partial charge in [-0.1, -0.05) is 46.3 Å². The molecule has 3 rings (SSSR count). The van der Waals surface area contributed by atoms with Gasteiger partial charge >= 0.3 is 6.18 Å². The van der Waals surface area contributed by atoms with Gasteiger partial charge in [-0.05, 0) is 29.8 Å². The van der Waals surface area contributed by atoms with E-state index in [0.29, 0.717) is 4.68 Å². The van der Waals surface area contributed by atoms with Crippen molar-refractivity contribution in [2.24, 2.45) is 0 Å². The van der Waals surface area contributed by atoms with E-state index in [4.69, 9.17) is 0 Å². The highest BCUT2D eigenvalue weighted by Crippen LogP contribution is 2.38. The Hall–Kier alpha value is -2.15. The largest absolute Gasteiger partial charge is 0.435 e. The van der Waals surface area contributed by atoms with E-state index in [1.807, 2.05) is 0 Å². The minimum Gasteiger partial charge on any atom is -0.206 e. The zero-order valence-corrected chi connectivity index (χ0v) is 13.1. The normalized spacial score (nSPS) is 11.7. The van der Waals surface area contributed by atoms with Crippen molar-refractivity contribution in [3.8, 4) is 16.8 Å². The van der Waals surface area contributed by atoms with Gasteiger partial charge in [0.05, 0.1) is 11.3 Å². The highest BCUT2D eigenvalue weighted by Gasteiger charge is 2.40. The topological polar surface area (TPSA) is 17.8 Å². The zero-order chi connectivity index (χ0) is 16.6. The van der Waals surface area contributed by atoms with Crippen molar-refractivity contribution in [3.05, 3.63) is 70.7 Å². The van der Waals surface area contributed by atoms with Crippen molar-refractivity contribution >= 4 is 15.9 Å². The molecular weight excluding hydrogens is 376 g/mol. The standard InChI is InChI=1S/C16H9BrF4N2/c17-11-6-8-12(9-7-11)23-15(18)13(10-4-2-1-3-5-10)14(22-23)16(19,20)21/h1-9H. The van der Waals surface area contributed by atoms with E-state index < -0.39 is 23.4 Å². The number of hydrogen-bond donors (Lipinski definition) is 0. The fraction of sp³-hybridized carbons (Fsp3) is 0.0625. The number of halogens is 5. The Morgan fingerprint density at radius 3 is 2.09 bits per heavy atom. The second-order valence-corrected chi connectivity index (χ2v) is 5.68. The number of rotatable bonds is 2. The van der Waals surface area contributed by atoms with E-state index in [1.54, 1.807) is 30.3 Å². The molecule has 1 aromatic heterocycles. The third-order valence-electron chi connectivity index (χ3n) is 3.23. The van der Waals surface area contributed by atoms with E-state index in [0.717, 1.165) is 4.47 Å². The van der Waals surface area contributed by atoms with Crippen LogP contribution in [0.5, 0.6) is 0 Å². The summed E-state index contributed by atoms with van der Waals surface area (Å²) in [7, 11) is 0. The first-order valence-electron chi connectivity index (χ1n) is 6.55. The summed E-state index contributed by atoms with van der Waals surface area (Å²) in [4.78, 5) is 0. The third-order valence-corrected chi connectivity index (χ3v) is 3.76. The monoisotopic (exact) mass is 384 g/mol. The van der Waals surface area contributed by atoms with Crippen LogP contribution in [-0.2, 0) is 6.18 Å². The van der Waals surface area contributed by atoms with Crippen LogP contribution in [0.2, 0.25) is 0 Å². The highest BCUT2D eigenvalue weighted by atomic mass is 79.9. The van der Waals surface area contributed by atoms with Crippen molar-refractivity contribution in [1.82, 2.24) is 9.78 Å². The lowest BCUT2D eigenvalue weighted by Crippen LogP contribution is -2.08. The molecule has 2 nitrogen and oxygen atoms in total. The lowest BCUT2D eigenvalue weighted by Gasteiger charge is -2.05. The first-order valence-corrected chi connectivity index (χ1v) is 7.34. The first-order chi connectivity index (χ1) is 10.9. The Bertz CT molecular complexity index is 824. The summed E-state index contributed by atoms with van der Waals surface area (Å²) in [6, 6.07) is 13.7. The Morgan fingerprint density at radius 2 is 1.52 bits per heavy atom. The van der Waals surface area contributed by atoms with E-state index >= 15 is 0 Å². The summed E-state index contributed by atoms with van der Waals surface area (Å²) in [5.74, 6) is -1.05. The molecule has 0 fully saturated rings. The van der Waals surface area contributed by atoms with Crippen molar-refractivity contribution < 1.29 is 17.6 Å². The van der Waals surface area contributed by atoms with Gasteiger partial charge < -0.3 is 0 Å². The van der Waals surface area contributed by atoms with Crippen molar-refractivity contribution in [2.45, 2.75) is 6.18 Å². The van der Waals surface area contributed by atoms with Crippen LogP contribution in [0.4, 0.5) is 17.6 Å². The van der Waals surface area contributed by atoms with Crippen molar-refractivity contribution in [1.29, 1.82) is 0 Å². The lowest BCUT2D eigenvalue weighted by atomic mass is 10.1. The summed E-state index contributed by atoms with van der Waals surface area (Å²) in [6.45, 7) is 0. The number of hydrogen-bond acceptors (Lipinski definition) is 1. The SMILES string of the molecule is Fc1c(-c2ccccc2)c(C(F)(F)F)nn1-c1ccc(Br)cc1. The molecule has 0 bridgehead atoms. The average Bonchev–Trinajstić information content (AvgIpc) is 2.87. The Kier molecular flexibility index (Phi) is 3.97. The van der Waals surface area contributed by atoms with E-state index in [1.165, 1.54) is 24.3 Å². The quantitative estimate of drug-likeness (QED) is 0.536. The third kappa shape index (κ3) is 3.01. The molecule has 0 radical (unpaired) electrons. The van der Waals surface area contributed by atoms with Gasteiger partial charge in [0, 0.05) is 4.47 Å². The van der Waals surface area contributed by atoms with Crippen LogP contribution in [0.25, 0.3) is 16.8 Å². The maximum Gasteiger partial charge on any atom is 0.435 e. The molecule has 0 spiro atoms. The number of alkyl halides is 3. The van der Waals surface area contributed by atoms with Gasteiger partial charge in [0.1, 0.15) is 0 Å². The second-order valence-electron chi connectivity index (χ2n) is 4.77. The van der Waals surface area contributed by atoms with Crippen LogP contribution in [0.1, 0.15) is 5.69 Å². The van der Waals surface area contributed by atoms with Crippen LogP contribution in [0.15, 0.2) is 59.1 Å². The average molecular weight is 385 g/mol. The Balaban J connectivity index is 2.25. The molecule has 0 atom stereocenters. The first kappa shape index (κ1) is 15.7. The molecule has 0 saturated carbocycles. The minimum absolute atomic E-state index is 0.126. The number of aromatic nitrogens is 2. The zero-order valence-electron chi connectivity index (χ0n) is 11.5. The van der Waals surface area contributed by atoms with Crippen LogP contribution in [-0.4, -0.2) is 9.78 Å². The molecule has 0 aliphatic heterocycles. The van der Waals surface area contributed by atoms with E-state index in [9.17, 15) is 17.6 Å². The van der Waals surface area contributed by atoms with Crippen molar-refractivity contribution in [2.75, 3.05) is 0 Å². The number of benzene rings is 2. The molecule has 7 heteroatoms. The summed E-state index contributed by atoms with van der Waals surface area (Å²) in [5.41, 5.74) is -1.47. The van der Waals surface area contributed by atoms with Gasteiger partial charge in [-0.3, -0.25) is 0 Å². The maximum absolute atomic E-state index is 14.7. The summed E-state index contributed by atoms with van der Waals surface area (Å²) in [6.07, 6.45) is -4.76. The number of nitrogens with zero attached hydrogens (tertiary/aromatic N) is 2. The minimum atomic E-state index is -4.76. The molecular formula is C16H9BrF4N2. The second kappa shape index (κ2) is 5.81. The van der Waals surface area contributed by atoms with Gasteiger partial charge in [-0.25, -0.2) is 4.68 Å². The van der Waals surface area contributed by atoms with Gasteiger partial charge in [0.25, 0.3) is 0 Å². The molecule has 1 heterocycles. The van der Waals surface area contributed by atoms with Gasteiger partial charge in [-0.2, -0.15) is 22.7 Å². The summed E-state index contributed by atoms with van der Waals surface area (Å²) < 4.78 is 55.8. The Labute approximate surface area is 137 Å². The predicted molar refractivity (Wildman–Crippen MR) is 81.7 cm³/mol. The summed E-state index contributed by atoms with van der Waals surface area (Å²) in [5, 5.41) is 3.46. The fourth-order valence-corrected chi connectivity index (χ4v) is 2.47. The van der Waals surface area contributed by atoms with E-state index in [-0.39, 0.29) is 11.3 Å². The predicted octanol–water partition coefficient (Wildman–Crippen LogP) is 5.46. The molecule has 0 aliphatic rings. The van der Waals surface area contributed by atoms with Crippen LogP contribution in [0, 0.1) is 5.95 Å². The molecule has 0 aliphatic carbocycles.